The molecular weight excluding hydrogens is 305 g/mol. The third kappa shape index (κ3) is 3.05. The summed E-state index contributed by atoms with van der Waals surface area (Å²) in [5, 5.41) is 0. The van der Waals surface area contributed by atoms with E-state index in [4.69, 9.17) is 5.73 Å². The predicted octanol–water partition coefficient (Wildman–Crippen LogP) is 1.68. The number of amides is 2. The number of hydrogen-bond acceptors (Lipinski definition) is 3. The van der Waals surface area contributed by atoms with Gasteiger partial charge in [-0.25, -0.2) is 0 Å². The summed E-state index contributed by atoms with van der Waals surface area (Å²) in [5.74, 6) is -3.65. The van der Waals surface area contributed by atoms with Gasteiger partial charge in [-0.1, -0.05) is 30.4 Å². The molecule has 1 atom stereocenters. The van der Waals surface area contributed by atoms with Gasteiger partial charge in [0.15, 0.2) is 0 Å². The second-order valence-corrected chi connectivity index (χ2v) is 5.11. The Kier molecular flexibility index (Phi) is 3.99. The third-order valence-electron chi connectivity index (χ3n) is 3.24. The van der Waals surface area contributed by atoms with Crippen LogP contribution in [0.4, 0.5) is 13.2 Å². The zero-order valence-corrected chi connectivity index (χ0v) is 11.5. The number of imide groups is 1. The molecule has 0 fully saturated rings. The monoisotopic (exact) mass is 316 g/mol. The number of halogens is 3. The summed E-state index contributed by atoms with van der Waals surface area (Å²) in [6.45, 7) is -0.884. The fourth-order valence-electron chi connectivity index (χ4n) is 2.12. The van der Waals surface area contributed by atoms with Crippen molar-refractivity contribution in [2.24, 2.45) is 11.7 Å². The van der Waals surface area contributed by atoms with Gasteiger partial charge in [-0.3, -0.25) is 14.5 Å². The number of fused-ring (bicyclic) bond motifs is 1. The topological polar surface area (TPSA) is 63.4 Å². The standard InChI is InChI=1S/C13H11F3N2O2S/c14-13(15,16)9(11(17)21)6-18-10(19)5-7-3-1-2-4-8(7)12(18)20/h1-4,9H,5-6H2,(H2,17,21). The van der Waals surface area contributed by atoms with Crippen molar-refractivity contribution in [3.63, 3.8) is 0 Å². The molecule has 0 aliphatic carbocycles. The highest BCUT2D eigenvalue weighted by Crippen LogP contribution is 2.29. The number of carbonyl (C=O) groups is 2. The van der Waals surface area contributed by atoms with Crippen molar-refractivity contribution in [1.82, 2.24) is 4.90 Å². The van der Waals surface area contributed by atoms with Gasteiger partial charge in [0.1, 0.15) is 5.92 Å². The number of thiocarbonyl (C=S) groups is 1. The smallest absolute Gasteiger partial charge is 0.393 e. The van der Waals surface area contributed by atoms with E-state index in [1.54, 1.807) is 18.2 Å². The second-order valence-electron chi connectivity index (χ2n) is 4.64. The number of benzene rings is 1. The Morgan fingerprint density at radius 2 is 1.95 bits per heavy atom. The van der Waals surface area contributed by atoms with Crippen molar-refractivity contribution >= 4 is 29.0 Å². The minimum absolute atomic E-state index is 0.121. The van der Waals surface area contributed by atoms with Gasteiger partial charge < -0.3 is 5.73 Å². The zero-order chi connectivity index (χ0) is 15.8. The van der Waals surface area contributed by atoms with Crippen LogP contribution in [0.25, 0.3) is 0 Å². The quantitative estimate of drug-likeness (QED) is 0.681. The first kappa shape index (κ1) is 15.4. The van der Waals surface area contributed by atoms with Gasteiger partial charge in [0, 0.05) is 12.1 Å². The second kappa shape index (κ2) is 5.44. The molecule has 1 aliphatic heterocycles. The van der Waals surface area contributed by atoms with Crippen molar-refractivity contribution in [1.29, 1.82) is 0 Å². The summed E-state index contributed by atoms with van der Waals surface area (Å²) in [6.07, 6.45) is -4.83. The lowest BCUT2D eigenvalue weighted by atomic mass is 9.97. The molecule has 1 heterocycles. The molecule has 1 aromatic rings. The summed E-state index contributed by atoms with van der Waals surface area (Å²) >= 11 is 4.40. The van der Waals surface area contributed by atoms with E-state index in [1.165, 1.54) is 6.07 Å². The van der Waals surface area contributed by atoms with E-state index in [9.17, 15) is 22.8 Å². The number of hydrogen-bond donors (Lipinski definition) is 1. The zero-order valence-electron chi connectivity index (χ0n) is 10.7. The van der Waals surface area contributed by atoms with E-state index in [1.807, 2.05) is 0 Å². The van der Waals surface area contributed by atoms with Crippen molar-refractivity contribution in [3.05, 3.63) is 35.4 Å². The normalized spacial score (nSPS) is 16.6. The largest absolute Gasteiger partial charge is 0.399 e. The average Bonchev–Trinajstić information content (AvgIpc) is 2.36. The van der Waals surface area contributed by atoms with E-state index in [-0.39, 0.29) is 12.0 Å². The Labute approximate surface area is 123 Å². The maximum absolute atomic E-state index is 12.9. The van der Waals surface area contributed by atoms with Crippen LogP contribution in [0.1, 0.15) is 15.9 Å². The van der Waals surface area contributed by atoms with Crippen LogP contribution in [0, 0.1) is 5.92 Å². The first-order valence-electron chi connectivity index (χ1n) is 6.00. The molecule has 1 aromatic carbocycles. The molecule has 0 aromatic heterocycles. The van der Waals surface area contributed by atoms with Crippen molar-refractivity contribution in [2.75, 3.05) is 6.54 Å². The predicted molar refractivity (Wildman–Crippen MR) is 72.5 cm³/mol. The summed E-state index contributed by atoms with van der Waals surface area (Å²) in [7, 11) is 0. The van der Waals surface area contributed by atoms with Crippen LogP contribution in [0.2, 0.25) is 0 Å². The molecule has 8 heteroatoms. The van der Waals surface area contributed by atoms with E-state index in [2.05, 4.69) is 12.2 Å². The van der Waals surface area contributed by atoms with Gasteiger partial charge in [-0.15, -0.1) is 0 Å². The number of carbonyl (C=O) groups excluding carboxylic acids is 2. The summed E-state index contributed by atoms with van der Waals surface area (Å²) < 4.78 is 38.6. The van der Waals surface area contributed by atoms with Crippen LogP contribution in [-0.4, -0.2) is 34.4 Å². The lowest BCUT2D eigenvalue weighted by Gasteiger charge is -2.30. The highest BCUT2D eigenvalue weighted by Gasteiger charge is 2.45. The lowest BCUT2D eigenvalue weighted by molar-refractivity contribution is -0.160. The Balaban J connectivity index is 2.31. The average molecular weight is 316 g/mol. The maximum Gasteiger partial charge on any atom is 0.399 e. The summed E-state index contributed by atoms with van der Waals surface area (Å²) in [5.41, 5.74) is 5.81. The number of nitrogens with zero attached hydrogens (tertiary/aromatic N) is 1. The van der Waals surface area contributed by atoms with Gasteiger partial charge in [0.05, 0.1) is 11.4 Å². The van der Waals surface area contributed by atoms with E-state index < -0.39 is 35.4 Å². The minimum Gasteiger partial charge on any atom is -0.393 e. The van der Waals surface area contributed by atoms with Crippen LogP contribution in [0.15, 0.2) is 24.3 Å². The Morgan fingerprint density at radius 1 is 1.33 bits per heavy atom. The van der Waals surface area contributed by atoms with Crippen molar-refractivity contribution < 1.29 is 22.8 Å². The first-order valence-corrected chi connectivity index (χ1v) is 6.41. The van der Waals surface area contributed by atoms with Crippen LogP contribution < -0.4 is 5.73 Å². The minimum atomic E-state index is -4.71. The molecule has 2 rings (SSSR count). The fraction of sp³-hybridized carbons (Fsp3) is 0.308. The molecule has 0 bridgehead atoms. The highest BCUT2D eigenvalue weighted by molar-refractivity contribution is 7.80. The number of rotatable bonds is 3. The molecule has 0 radical (unpaired) electrons. The SMILES string of the molecule is NC(=S)C(CN1C(=O)Cc2ccccc2C1=O)C(F)(F)F. The number of nitrogens with two attached hydrogens (primary N) is 1. The molecule has 4 nitrogen and oxygen atoms in total. The van der Waals surface area contributed by atoms with Crippen LogP contribution in [0.3, 0.4) is 0 Å². The van der Waals surface area contributed by atoms with Gasteiger partial charge in [-0.05, 0) is 11.6 Å². The van der Waals surface area contributed by atoms with Gasteiger partial charge in [-0.2, -0.15) is 13.2 Å². The van der Waals surface area contributed by atoms with Gasteiger partial charge in [0.25, 0.3) is 5.91 Å². The van der Waals surface area contributed by atoms with Crippen molar-refractivity contribution in [2.45, 2.75) is 12.6 Å². The van der Waals surface area contributed by atoms with Gasteiger partial charge >= 0.3 is 6.18 Å². The summed E-state index contributed by atoms with van der Waals surface area (Å²) in [6, 6.07) is 6.31. The lowest BCUT2D eigenvalue weighted by Crippen LogP contribution is -2.50. The van der Waals surface area contributed by atoms with E-state index in [0.717, 1.165) is 0 Å². The van der Waals surface area contributed by atoms with Crippen molar-refractivity contribution in [3.8, 4) is 0 Å². The molecule has 1 aliphatic rings. The molecule has 0 spiro atoms. The highest BCUT2D eigenvalue weighted by atomic mass is 32.1. The van der Waals surface area contributed by atoms with Crippen LogP contribution in [-0.2, 0) is 11.2 Å². The Morgan fingerprint density at radius 3 is 2.52 bits per heavy atom. The molecule has 1 unspecified atom stereocenters. The van der Waals surface area contributed by atoms with E-state index >= 15 is 0 Å². The molecular formula is C13H11F3N2O2S. The molecule has 2 N–H and O–H groups in total. The fourth-order valence-corrected chi connectivity index (χ4v) is 2.33. The van der Waals surface area contributed by atoms with Crippen LogP contribution in [0.5, 0.6) is 0 Å². The Bertz CT molecular complexity index is 616. The molecule has 21 heavy (non-hydrogen) atoms. The molecule has 0 saturated heterocycles. The van der Waals surface area contributed by atoms with E-state index in [0.29, 0.717) is 10.5 Å². The summed E-state index contributed by atoms with van der Waals surface area (Å²) in [4.78, 5) is 23.9. The van der Waals surface area contributed by atoms with Crippen LogP contribution >= 0.6 is 12.2 Å². The molecule has 0 saturated carbocycles. The first-order chi connectivity index (χ1) is 9.71. The molecule has 112 valence electrons. The van der Waals surface area contributed by atoms with Gasteiger partial charge in [0.2, 0.25) is 5.91 Å². The third-order valence-corrected chi connectivity index (χ3v) is 3.52. The maximum atomic E-state index is 12.9. The molecule has 2 amide bonds. The number of alkyl halides is 3. The Hall–Kier alpha value is -1.96.